The summed E-state index contributed by atoms with van der Waals surface area (Å²) >= 11 is 5.40. The highest BCUT2D eigenvalue weighted by Crippen LogP contribution is 2.33. The van der Waals surface area contributed by atoms with Crippen LogP contribution in [-0.2, 0) is 19.6 Å². The molecule has 0 bridgehead atoms. The zero-order valence-corrected chi connectivity index (χ0v) is 14.5. The van der Waals surface area contributed by atoms with E-state index in [1.807, 2.05) is 6.92 Å². The van der Waals surface area contributed by atoms with Crippen LogP contribution in [0.3, 0.4) is 0 Å². The third-order valence-electron chi connectivity index (χ3n) is 4.76. The highest BCUT2D eigenvalue weighted by molar-refractivity contribution is 7.71. The lowest BCUT2D eigenvalue weighted by atomic mass is 9.97. The average Bonchev–Trinajstić information content (AvgIpc) is 2.89. The van der Waals surface area contributed by atoms with Crippen LogP contribution in [0.1, 0.15) is 28.6 Å². The SMILES string of the molecule is Cc1oc(=S)n2c1C[C@H](c1ccccc1)N(Cc1ccccc1)C2. The van der Waals surface area contributed by atoms with Gasteiger partial charge in [-0.25, -0.2) is 0 Å². The Morgan fingerprint density at radius 2 is 1.71 bits per heavy atom. The van der Waals surface area contributed by atoms with E-state index < -0.39 is 0 Å². The van der Waals surface area contributed by atoms with Gasteiger partial charge in [0, 0.05) is 19.0 Å². The molecule has 4 rings (SSSR count). The summed E-state index contributed by atoms with van der Waals surface area (Å²) in [6, 6.07) is 21.6. The van der Waals surface area contributed by atoms with Crippen LogP contribution in [-0.4, -0.2) is 9.47 Å². The van der Waals surface area contributed by atoms with Gasteiger partial charge in [-0.15, -0.1) is 0 Å². The zero-order chi connectivity index (χ0) is 16.5. The molecule has 0 saturated heterocycles. The fourth-order valence-electron chi connectivity index (χ4n) is 3.52. The molecule has 1 atom stereocenters. The van der Waals surface area contributed by atoms with E-state index in [9.17, 15) is 0 Å². The number of aryl methyl sites for hydroxylation is 1. The summed E-state index contributed by atoms with van der Waals surface area (Å²) in [5, 5.41) is 0. The normalized spacial score (nSPS) is 17.6. The van der Waals surface area contributed by atoms with Gasteiger partial charge in [0.1, 0.15) is 5.76 Å². The van der Waals surface area contributed by atoms with Gasteiger partial charge in [0.2, 0.25) is 0 Å². The first kappa shape index (κ1) is 15.4. The van der Waals surface area contributed by atoms with Crippen LogP contribution in [0.15, 0.2) is 65.1 Å². The molecule has 3 aromatic rings. The topological polar surface area (TPSA) is 21.3 Å². The number of oxazole rings is 1. The van der Waals surface area contributed by atoms with E-state index in [1.165, 1.54) is 16.8 Å². The van der Waals surface area contributed by atoms with E-state index in [0.29, 0.717) is 10.9 Å². The lowest BCUT2D eigenvalue weighted by molar-refractivity contribution is 0.113. The first-order valence-electron chi connectivity index (χ1n) is 8.24. The van der Waals surface area contributed by atoms with Gasteiger partial charge < -0.3 is 4.42 Å². The van der Waals surface area contributed by atoms with E-state index >= 15 is 0 Å². The van der Waals surface area contributed by atoms with Crippen LogP contribution < -0.4 is 0 Å². The van der Waals surface area contributed by atoms with Crippen molar-refractivity contribution in [2.24, 2.45) is 0 Å². The maximum Gasteiger partial charge on any atom is 0.270 e. The molecule has 3 nitrogen and oxygen atoms in total. The fraction of sp³-hybridized carbons (Fsp3) is 0.250. The van der Waals surface area contributed by atoms with Gasteiger partial charge in [0.25, 0.3) is 4.84 Å². The summed E-state index contributed by atoms with van der Waals surface area (Å²) in [5.41, 5.74) is 3.87. The summed E-state index contributed by atoms with van der Waals surface area (Å²) < 4.78 is 7.83. The number of hydrogen-bond acceptors (Lipinski definition) is 3. The molecule has 0 amide bonds. The van der Waals surface area contributed by atoms with Gasteiger partial charge in [0.15, 0.2) is 0 Å². The second kappa shape index (κ2) is 6.38. The third-order valence-corrected chi connectivity index (χ3v) is 5.06. The van der Waals surface area contributed by atoms with Crippen molar-refractivity contribution in [3.63, 3.8) is 0 Å². The Balaban J connectivity index is 1.73. The summed E-state index contributed by atoms with van der Waals surface area (Å²) in [6.45, 7) is 3.67. The van der Waals surface area contributed by atoms with Crippen LogP contribution in [0.25, 0.3) is 0 Å². The minimum absolute atomic E-state index is 0.331. The summed E-state index contributed by atoms with van der Waals surface area (Å²) in [4.78, 5) is 3.05. The predicted octanol–water partition coefficient (Wildman–Crippen LogP) is 4.88. The Bertz CT molecular complexity index is 883. The van der Waals surface area contributed by atoms with Gasteiger partial charge in [-0.3, -0.25) is 9.47 Å². The molecule has 1 aliphatic heterocycles. The maximum absolute atomic E-state index is 5.70. The van der Waals surface area contributed by atoms with Crippen molar-refractivity contribution >= 4 is 12.2 Å². The van der Waals surface area contributed by atoms with Crippen LogP contribution in [0.4, 0.5) is 0 Å². The standard InChI is InChI=1S/C20H20N2OS/c1-15-18-12-19(17-10-6-3-7-11-17)21(14-22(18)20(24)23-15)13-16-8-4-2-5-9-16/h2-11,19H,12-14H2,1H3/t19-/m1/s1. The third kappa shape index (κ3) is 2.83. The minimum Gasteiger partial charge on any atom is -0.434 e. The van der Waals surface area contributed by atoms with E-state index in [1.54, 1.807) is 0 Å². The number of rotatable bonds is 3. The van der Waals surface area contributed by atoms with Crippen molar-refractivity contribution in [2.45, 2.75) is 32.6 Å². The molecule has 1 aliphatic rings. The van der Waals surface area contributed by atoms with E-state index in [-0.39, 0.29) is 0 Å². The molecule has 2 heterocycles. The van der Waals surface area contributed by atoms with E-state index in [2.05, 4.69) is 70.1 Å². The molecule has 122 valence electrons. The molecular formula is C20H20N2OS. The van der Waals surface area contributed by atoms with Crippen LogP contribution in [0.5, 0.6) is 0 Å². The molecule has 1 aromatic heterocycles. The predicted molar refractivity (Wildman–Crippen MR) is 97.1 cm³/mol. The Morgan fingerprint density at radius 3 is 2.42 bits per heavy atom. The number of fused-ring (bicyclic) bond motifs is 1. The van der Waals surface area contributed by atoms with Gasteiger partial charge >= 0.3 is 0 Å². The first-order chi connectivity index (χ1) is 11.7. The first-order valence-corrected chi connectivity index (χ1v) is 8.65. The fourth-order valence-corrected chi connectivity index (χ4v) is 3.81. The minimum atomic E-state index is 0.331. The number of benzene rings is 2. The van der Waals surface area contributed by atoms with Crippen molar-refractivity contribution in [3.05, 3.63) is 88.1 Å². The summed E-state index contributed by atoms with van der Waals surface area (Å²) in [6.07, 6.45) is 0.919. The van der Waals surface area contributed by atoms with Gasteiger partial charge in [0.05, 0.1) is 12.4 Å². The number of aromatic nitrogens is 1. The molecular weight excluding hydrogens is 316 g/mol. The van der Waals surface area contributed by atoms with Crippen molar-refractivity contribution in [2.75, 3.05) is 0 Å². The lowest BCUT2D eigenvalue weighted by Gasteiger charge is -2.36. The Morgan fingerprint density at radius 1 is 1.04 bits per heavy atom. The Kier molecular flexibility index (Phi) is 4.08. The van der Waals surface area contributed by atoms with Crippen LogP contribution in [0, 0.1) is 11.8 Å². The highest BCUT2D eigenvalue weighted by Gasteiger charge is 2.30. The van der Waals surface area contributed by atoms with Gasteiger partial charge in [-0.05, 0) is 30.3 Å². The Labute approximate surface area is 147 Å². The molecule has 0 N–H and O–H groups in total. The Hall–Kier alpha value is -2.17. The maximum atomic E-state index is 5.70. The molecule has 0 fully saturated rings. The molecule has 0 unspecified atom stereocenters. The number of nitrogens with zero attached hydrogens (tertiary/aromatic N) is 2. The van der Waals surface area contributed by atoms with Gasteiger partial charge in [-0.1, -0.05) is 60.7 Å². The van der Waals surface area contributed by atoms with E-state index in [0.717, 1.165) is 25.4 Å². The highest BCUT2D eigenvalue weighted by atomic mass is 32.1. The molecule has 2 aromatic carbocycles. The van der Waals surface area contributed by atoms with Crippen molar-refractivity contribution in [1.82, 2.24) is 9.47 Å². The molecule has 0 aliphatic carbocycles. The molecule has 0 radical (unpaired) electrons. The van der Waals surface area contributed by atoms with Gasteiger partial charge in [-0.2, -0.15) is 0 Å². The quantitative estimate of drug-likeness (QED) is 0.636. The molecule has 0 saturated carbocycles. The summed E-state index contributed by atoms with van der Waals surface area (Å²) in [5.74, 6) is 0.945. The monoisotopic (exact) mass is 336 g/mol. The molecule has 0 spiro atoms. The van der Waals surface area contributed by atoms with Crippen LogP contribution in [0.2, 0.25) is 0 Å². The largest absolute Gasteiger partial charge is 0.434 e. The average molecular weight is 336 g/mol. The van der Waals surface area contributed by atoms with Crippen molar-refractivity contribution in [1.29, 1.82) is 0 Å². The number of hydrogen-bond donors (Lipinski definition) is 0. The second-order valence-electron chi connectivity index (χ2n) is 6.30. The molecule has 24 heavy (non-hydrogen) atoms. The van der Waals surface area contributed by atoms with Crippen molar-refractivity contribution in [3.8, 4) is 0 Å². The van der Waals surface area contributed by atoms with Crippen molar-refractivity contribution < 1.29 is 4.42 Å². The smallest absolute Gasteiger partial charge is 0.270 e. The van der Waals surface area contributed by atoms with E-state index in [4.69, 9.17) is 16.6 Å². The zero-order valence-electron chi connectivity index (χ0n) is 13.7. The lowest BCUT2D eigenvalue weighted by Crippen LogP contribution is -2.37. The second-order valence-corrected chi connectivity index (χ2v) is 6.65. The van der Waals surface area contributed by atoms with Crippen LogP contribution >= 0.6 is 12.2 Å². The molecule has 4 heteroatoms. The summed E-state index contributed by atoms with van der Waals surface area (Å²) in [7, 11) is 0.